The predicted molar refractivity (Wildman–Crippen MR) is 62.4 cm³/mol. The van der Waals surface area contributed by atoms with E-state index in [1.807, 2.05) is 6.08 Å². The predicted octanol–water partition coefficient (Wildman–Crippen LogP) is 0.797. The van der Waals surface area contributed by atoms with Gasteiger partial charge in [0.2, 0.25) is 0 Å². The summed E-state index contributed by atoms with van der Waals surface area (Å²) in [5.41, 5.74) is 0.449. The van der Waals surface area contributed by atoms with Gasteiger partial charge in [0.05, 0.1) is 0 Å². The molecule has 0 aromatic rings. The van der Waals surface area contributed by atoms with Crippen molar-refractivity contribution >= 4 is 5.97 Å². The number of hydrogen-bond acceptors (Lipinski definition) is 3. The van der Waals surface area contributed by atoms with Gasteiger partial charge in [-0.1, -0.05) is 6.08 Å². The van der Waals surface area contributed by atoms with Crippen molar-refractivity contribution < 1.29 is 9.90 Å². The molecule has 2 aliphatic rings. The molecule has 2 rings (SSSR count). The molecule has 0 radical (unpaired) electrons. The molecule has 1 heterocycles. The van der Waals surface area contributed by atoms with Gasteiger partial charge in [0.1, 0.15) is 0 Å². The Morgan fingerprint density at radius 3 is 2.44 bits per heavy atom. The molecule has 0 spiro atoms. The summed E-state index contributed by atoms with van der Waals surface area (Å²) < 4.78 is 0. The van der Waals surface area contributed by atoms with Crippen molar-refractivity contribution in [2.24, 2.45) is 0 Å². The van der Waals surface area contributed by atoms with E-state index in [0.29, 0.717) is 5.57 Å². The van der Waals surface area contributed by atoms with E-state index in [1.54, 1.807) is 6.92 Å². The van der Waals surface area contributed by atoms with Crippen LogP contribution >= 0.6 is 0 Å². The fourth-order valence-corrected chi connectivity index (χ4v) is 2.10. The molecule has 0 atom stereocenters. The van der Waals surface area contributed by atoms with Crippen LogP contribution in [-0.2, 0) is 4.79 Å². The summed E-state index contributed by atoms with van der Waals surface area (Å²) in [5, 5.41) is 8.74. The summed E-state index contributed by atoms with van der Waals surface area (Å²) in [6.45, 7) is 6.86. The third-order valence-corrected chi connectivity index (χ3v) is 3.46. The summed E-state index contributed by atoms with van der Waals surface area (Å²) in [4.78, 5) is 15.5. The lowest BCUT2D eigenvalue weighted by Crippen LogP contribution is -2.47. The number of aliphatic carboxylic acids is 1. The fourth-order valence-electron chi connectivity index (χ4n) is 2.10. The van der Waals surface area contributed by atoms with Gasteiger partial charge in [-0.05, 0) is 19.8 Å². The van der Waals surface area contributed by atoms with Crippen molar-refractivity contribution in [3.63, 3.8) is 0 Å². The van der Waals surface area contributed by atoms with Crippen LogP contribution in [0.3, 0.4) is 0 Å². The SMILES string of the molecule is CC(=CCN1CCN(C2CC2)CC1)C(=O)O. The van der Waals surface area contributed by atoms with E-state index in [4.69, 9.17) is 5.11 Å². The Morgan fingerprint density at radius 1 is 1.31 bits per heavy atom. The molecule has 0 unspecified atom stereocenters. The van der Waals surface area contributed by atoms with Crippen LogP contribution in [-0.4, -0.2) is 59.6 Å². The quantitative estimate of drug-likeness (QED) is 0.717. The van der Waals surface area contributed by atoms with Crippen LogP contribution in [0.25, 0.3) is 0 Å². The van der Waals surface area contributed by atoms with Crippen molar-refractivity contribution in [1.29, 1.82) is 0 Å². The molecule has 0 aromatic carbocycles. The van der Waals surface area contributed by atoms with E-state index in [-0.39, 0.29) is 0 Å². The number of piperazine rings is 1. The zero-order valence-electron chi connectivity index (χ0n) is 9.85. The highest BCUT2D eigenvalue weighted by Gasteiger charge is 2.30. The number of carboxylic acid groups (broad SMARTS) is 1. The van der Waals surface area contributed by atoms with E-state index in [2.05, 4.69) is 9.80 Å². The first-order chi connectivity index (χ1) is 7.66. The Kier molecular flexibility index (Phi) is 3.61. The third-order valence-electron chi connectivity index (χ3n) is 3.46. The normalized spacial score (nSPS) is 24.7. The van der Waals surface area contributed by atoms with Gasteiger partial charge in [-0.3, -0.25) is 9.80 Å². The molecule has 0 aromatic heterocycles. The van der Waals surface area contributed by atoms with Crippen molar-refractivity contribution in [2.75, 3.05) is 32.7 Å². The first kappa shape index (κ1) is 11.6. The van der Waals surface area contributed by atoms with Crippen LogP contribution in [0.4, 0.5) is 0 Å². The maximum atomic E-state index is 10.6. The number of nitrogens with zero attached hydrogens (tertiary/aromatic N) is 2. The second kappa shape index (κ2) is 4.97. The molecule has 1 saturated heterocycles. The fraction of sp³-hybridized carbons (Fsp3) is 0.750. The molecule has 16 heavy (non-hydrogen) atoms. The lowest BCUT2D eigenvalue weighted by atomic mass is 10.2. The van der Waals surface area contributed by atoms with E-state index >= 15 is 0 Å². The molecule has 2 fully saturated rings. The van der Waals surface area contributed by atoms with Gasteiger partial charge in [-0.2, -0.15) is 0 Å². The van der Waals surface area contributed by atoms with Crippen molar-refractivity contribution in [2.45, 2.75) is 25.8 Å². The van der Waals surface area contributed by atoms with Crippen LogP contribution < -0.4 is 0 Å². The molecule has 4 heteroatoms. The summed E-state index contributed by atoms with van der Waals surface area (Å²) in [6, 6.07) is 0.860. The van der Waals surface area contributed by atoms with Gasteiger partial charge in [0.15, 0.2) is 0 Å². The number of carboxylic acids is 1. The van der Waals surface area contributed by atoms with E-state index in [9.17, 15) is 4.79 Å². The minimum Gasteiger partial charge on any atom is -0.478 e. The van der Waals surface area contributed by atoms with E-state index in [0.717, 1.165) is 38.8 Å². The monoisotopic (exact) mass is 224 g/mol. The van der Waals surface area contributed by atoms with Crippen LogP contribution in [0.1, 0.15) is 19.8 Å². The summed E-state index contributed by atoms with van der Waals surface area (Å²) in [5.74, 6) is -0.809. The molecule has 90 valence electrons. The lowest BCUT2D eigenvalue weighted by Gasteiger charge is -2.34. The van der Waals surface area contributed by atoms with E-state index < -0.39 is 5.97 Å². The van der Waals surface area contributed by atoms with Crippen molar-refractivity contribution in [3.8, 4) is 0 Å². The Hall–Kier alpha value is -0.870. The zero-order valence-corrected chi connectivity index (χ0v) is 9.85. The van der Waals surface area contributed by atoms with Gasteiger partial charge < -0.3 is 5.11 Å². The second-order valence-electron chi connectivity index (χ2n) is 4.76. The van der Waals surface area contributed by atoms with Crippen LogP contribution in [0.5, 0.6) is 0 Å². The Balaban J connectivity index is 1.72. The molecule has 0 amide bonds. The highest BCUT2D eigenvalue weighted by atomic mass is 16.4. The van der Waals surface area contributed by atoms with Gasteiger partial charge in [-0.15, -0.1) is 0 Å². The highest BCUT2D eigenvalue weighted by molar-refractivity contribution is 5.85. The van der Waals surface area contributed by atoms with E-state index in [1.165, 1.54) is 12.8 Å². The molecular formula is C12H20N2O2. The average molecular weight is 224 g/mol. The highest BCUT2D eigenvalue weighted by Crippen LogP contribution is 2.27. The molecular weight excluding hydrogens is 204 g/mol. The minimum atomic E-state index is -0.809. The number of rotatable bonds is 4. The smallest absolute Gasteiger partial charge is 0.330 e. The first-order valence-electron chi connectivity index (χ1n) is 6.03. The Morgan fingerprint density at radius 2 is 1.94 bits per heavy atom. The lowest BCUT2D eigenvalue weighted by molar-refractivity contribution is -0.132. The molecule has 0 bridgehead atoms. The van der Waals surface area contributed by atoms with Gasteiger partial charge in [0, 0.05) is 44.3 Å². The summed E-state index contributed by atoms with van der Waals surface area (Å²) in [7, 11) is 0. The minimum absolute atomic E-state index is 0.449. The summed E-state index contributed by atoms with van der Waals surface area (Å²) >= 11 is 0. The number of hydrogen-bond donors (Lipinski definition) is 1. The number of carbonyl (C=O) groups is 1. The van der Waals surface area contributed by atoms with Gasteiger partial charge in [0.25, 0.3) is 0 Å². The molecule has 1 aliphatic heterocycles. The molecule has 1 N–H and O–H groups in total. The van der Waals surface area contributed by atoms with Crippen LogP contribution in [0.2, 0.25) is 0 Å². The topological polar surface area (TPSA) is 43.8 Å². The van der Waals surface area contributed by atoms with Gasteiger partial charge >= 0.3 is 5.97 Å². The largest absolute Gasteiger partial charge is 0.478 e. The molecule has 4 nitrogen and oxygen atoms in total. The van der Waals surface area contributed by atoms with Crippen LogP contribution in [0.15, 0.2) is 11.6 Å². The second-order valence-corrected chi connectivity index (χ2v) is 4.76. The maximum absolute atomic E-state index is 10.6. The zero-order chi connectivity index (χ0) is 11.5. The average Bonchev–Trinajstić information content (AvgIpc) is 3.10. The maximum Gasteiger partial charge on any atom is 0.330 e. The van der Waals surface area contributed by atoms with Crippen molar-refractivity contribution in [1.82, 2.24) is 9.80 Å². The van der Waals surface area contributed by atoms with Crippen LogP contribution in [0, 0.1) is 0 Å². The standard InChI is InChI=1S/C12H20N2O2/c1-10(12(15)16)4-5-13-6-8-14(9-7-13)11-2-3-11/h4,11H,2-3,5-9H2,1H3,(H,15,16). The van der Waals surface area contributed by atoms with Gasteiger partial charge in [-0.25, -0.2) is 4.79 Å². The first-order valence-corrected chi connectivity index (χ1v) is 6.03. The summed E-state index contributed by atoms with van der Waals surface area (Å²) in [6.07, 6.45) is 4.56. The Labute approximate surface area is 96.5 Å². The molecule has 1 saturated carbocycles. The molecule has 1 aliphatic carbocycles. The van der Waals surface area contributed by atoms with Crippen molar-refractivity contribution in [3.05, 3.63) is 11.6 Å². The third kappa shape index (κ3) is 3.06. The Bertz CT molecular complexity index is 289.